The Labute approximate surface area is 172 Å². The Morgan fingerprint density at radius 3 is 2.45 bits per heavy atom. The second-order valence-corrected chi connectivity index (χ2v) is 7.54. The van der Waals surface area contributed by atoms with Gasteiger partial charge >= 0.3 is 5.97 Å². The van der Waals surface area contributed by atoms with Crippen LogP contribution >= 0.6 is 11.6 Å². The largest absolute Gasteiger partial charge is 0.493 e. The molecule has 152 valence electrons. The molecule has 0 aromatic heterocycles. The van der Waals surface area contributed by atoms with Crippen molar-refractivity contribution in [2.24, 2.45) is 28.8 Å². The number of carbonyl (C=O) groups is 3. The van der Waals surface area contributed by atoms with Gasteiger partial charge in [-0.2, -0.15) is 10.1 Å². The number of carbonyl (C=O) groups excluding carboxylic acids is 3. The maximum Gasteiger partial charge on any atom is 0.343 e. The predicted octanol–water partition coefficient (Wildman–Crippen LogP) is 2.04. The van der Waals surface area contributed by atoms with Crippen molar-refractivity contribution in [2.75, 3.05) is 20.8 Å². The molecule has 3 aliphatic rings. The highest BCUT2D eigenvalue weighted by molar-refractivity contribution is 6.32. The summed E-state index contributed by atoms with van der Waals surface area (Å²) in [5.41, 5.74) is 0.510. The van der Waals surface area contributed by atoms with Gasteiger partial charge in [0, 0.05) is 0 Å². The molecule has 4 atom stereocenters. The van der Waals surface area contributed by atoms with E-state index in [4.69, 9.17) is 21.1 Å². The minimum Gasteiger partial charge on any atom is -0.493 e. The average Bonchev–Trinajstić information content (AvgIpc) is 3.39. The van der Waals surface area contributed by atoms with Crippen LogP contribution in [0.2, 0.25) is 5.02 Å². The molecule has 0 spiro atoms. The SMILES string of the molecule is COC(=O)COc1c(Cl)cc(C=NN2C(=O)[C@@H]3[C@H](C2=O)[C@H]2C=C[C@H]3C2)cc1OC. The molecular weight excluding hydrogens is 400 g/mol. The van der Waals surface area contributed by atoms with E-state index < -0.39 is 5.97 Å². The number of amides is 2. The number of rotatable bonds is 6. The van der Waals surface area contributed by atoms with Crippen molar-refractivity contribution in [3.8, 4) is 11.5 Å². The van der Waals surface area contributed by atoms with Crippen molar-refractivity contribution in [3.05, 3.63) is 34.9 Å². The van der Waals surface area contributed by atoms with Gasteiger partial charge in [0.1, 0.15) is 0 Å². The lowest BCUT2D eigenvalue weighted by Crippen LogP contribution is -2.28. The number of methoxy groups -OCH3 is 2. The first kappa shape index (κ1) is 19.4. The first-order valence-electron chi connectivity index (χ1n) is 9.12. The van der Waals surface area contributed by atoms with Crippen LogP contribution in [0.15, 0.2) is 29.4 Å². The van der Waals surface area contributed by atoms with Crippen molar-refractivity contribution in [3.63, 3.8) is 0 Å². The number of esters is 1. The minimum atomic E-state index is -0.561. The molecule has 0 radical (unpaired) electrons. The topological polar surface area (TPSA) is 94.5 Å². The Kier molecular flexibility index (Phi) is 5.04. The Bertz CT molecular complexity index is 913. The van der Waals surface area contributed by atoms with E-state index in [9.17, 15) is 14.4 Å². The molecule has 29 heavy (non-hydrogen) atoms. The van der Waals surface area contributed by atoms with E-state index in [-0.39, 0.29) is 58.6 Å². The molecule has 2 aliphatic carbocycles. The number of hydrogen-bond donors (Lipinski definition) is 0. The highest BCUT2D eigenvalue weighted by atomic mass is 35.5. The van der Waals surface area contributed by atoms with Crippen molar-refractivity contribution in [2.45, 2.75) is 6.42 Å². The van der Waals surface area contributed by atoms with Gasteiger partial charge in [-0.05, 0) is 36.0 Å². The lowest BCUT2D eigenvalue weighted by molar-refractivity contribution is -0.143. The van der Waals surface area contributed by atoms with E-state index >= 15 is 0 Å². The summed E-state index contributed by atoms with van der Waals surface area (Å²) in [6, 6.07) is 3.12. The predicted molar refractivity (Wildman–Crippen MR) is 103 cm³/mol. The summed E-state index contributed by atoms with van der Waals surface area (Å²) in [6.45, 7) is -0.323. The number of fused-ring (bicyclic) bond motifs is 5. The molecule has 1 aliphatic heterocycles. The maximum atomic E-state index is 12.7. The third-order valence-corrected chi connectivity index (χ3v) is 5.86. The molecule has 1 heterocycles. The van der Waals surface area contributed by atoms with Crippen LogP contribution in [-0.4, -0.2) is 49.8 Å². The monoisotopic (exact) mass is 418 g/mol. The number of hydrogen-bond acceptors (Lipinski definition) is 7. The van der Waals surface area contributed by atoms with E-state index in [1.165, 1.54) is 26.5 Å². The van der Waals surface area contributed by atoms with Crippen molar-refractivity contribution < 1.29 is 28.6 Å². The summed E-state index contributed by atoms with van der Waals surface area (Å²) in [5, 5.41) is 5.27. The molecule has 1 saturated carbocycles. The fourth-order valence-electron chi connectivity index (χ4n) is 4.27. The standard InChI is InChI=1S/C20H19ClN2O6/c1-27-14-6-10(5-13(21)18(14)29-9-15(24)28-2)8-22-23-19(25)16-11-3-4-12(7-11)17(16)20(23)26/h3-6,8,11-12,16-17H,7,9H2,1-2H3/t11-,12-,16-,17+/m0/s1. The second kappa shape index (κ2) is 7.51. The third-order valence-electron chi connectivity index (χ3n) is 5.58. The van der Waals surface area contributed by atoms with Crippen LogP contribution < -0.4 is 9.47 Å². The van der Waals surface area contributed by atoms with E-state index in [1.807, 2.05) is 12.2 Å². The third kappa shape index (κ3) is 3.27. The van der Waals surface area contributed by atoms with Crippen LogP contribution in [0.25, 0.3) is 0 Å². The fourth-order valence-corrected chi connectivity index (χ4v) is 4.54. The lowest BCUT2D eigenvalue weighted by atomic mass is 9.85. The van der Waals surface area contributed by atoms with E-state index in [2.05, 4.69) is 9.84 Å². The first-order chi connectivity index (χ1) is 13.9. The van der Waals surface area contributed by atoms with Crippen molar-refractivity contribution >= 4 is 35.6 Å². The van der Waals surface area contributed by atoms with Gasteiger partial charge in [-0.15, -0.1) is 0 Å². The number of nitrogens with zero attached hydrogens (tertiary/aromatic N) is 2. The minimum absolute atomic E-state index is 0.127. The molecule has 9 heteroatoms. The number of ether oxygens (including phenoxy) is 3. The van der Waals surface area contributed by atoms with Gasteiger partial charge in [0.15, 0.2) is 18.1 Å². The maximum absolute atomic E-state index is 12.7. The number of imide groups is 1. The molecule has 0 unspecified atom stereocenters. The Hall–Kier alpha value is -2.87. The van der Waals surface area contributed by atoms with Crippen LogP contribution in [0.3, 0.4) is 0 Å². The molecular formula is C20H19ClN2O6. The zero-order valence-electron chi connectivity index (χ0n) is 15.8. The van der Waals surface area contributed by atoms with Crippen LogP contribution in [0.4, 0.5) is 0 Å². The van der Waals surface area contributed by atoms with Gasteiger partial charge in [-0.3, -0.25) is 9.59 Å². The molecule has 2 amide bonds. The number of halogens is 1. The van der Waals surface area contributed by atoms with E-state index in [1.54, 1.807) is 6.07 Å². The van der Waals surface area contributed by atoms with Crippen molar-refractivity contribution in [1.29, 1.82) is 0 Å². The number of hydrazone groups is 1. The molecule has 4 rings (SSSR count). The summed E-state index contributed by atoms with van der Waals surface area (Å²) in [7, 11) is 2.68. The molecule has 8 nitrogen and oxygen atoms in total. The van der Waals surface area contributed by atoms with Gasteiger partial charge in [0.25, 0.3) is 11.8 Å². The Morgan fingerprint density at radius 2 is 1.86 bits per heavy atom. The summed E-state index contributed by atoms with van der Waals surface area (Å²) in [6.07, 6.45) is 6.30. The number of allylic oxidation sites excluding steroid dienone is 2. The van der Waals surface area contributed by atoms with E-state index in [0.29, 0.717) is 5.56 Å². The van der Waals surface area contributed by atoms with Crippen LogP contribution in [-0.2, 0) is 19.1 Å². The summed E-state index contributed by atoms with van der Waals surface area (Å²) >= 11 is 6.24. The molecule has 0 N–H and O–H groups in total. The van der Waals surface area contributed by atoms with Gasteiger partial charge in [0.2, 0.25) is 0 Å². The Balaban J connectivity index is 1.53. The molecule has 2 fully saturated rings. The quantitative estimate of drug-likeness (QED) is 0.304. The number of benzene rings is 1. The fraction of sp³-hybridized carbons (Fsp3) is 0.400. The van der Waals surface area contributed by atoms with E-state index in [0.717, 1.165) is 11.4 Å². The first-order valence-corrected chi connectivity index (χ1v) is 9.49. The molecule has 1 saturated heterocycles. The zero-order valence-corrected chi connectivity index (χ0v) is 16.6. The van der Waals surface area contributed by atoms with Crippen LogP contribution in [0, 0.1) is 23.7 Å². The van der Waals surface area contributed by atoms with Gasteiger partial charge in [-0.1, -0.05) is 23.8 Å². The lowest BCUT2D eigenvalue weighted by Gasteiger charge is -2.13. The highest BCUT2D eigenvalue weighted by Crippen LogP contribution is 2.52. The summed E-state index contributed by atoms with van der Waals surface area (Å²) in [4.78, 5) is 36.6. The summed E-state index contributed by atoms with van der Waals surface area (Å²) in [5.74, 6) is -0.973. The normalized spacial score (nSPS) is 27.1. The smallest absolute Gasteiger partial charge is 0.343 e. The Morgan fingerprint density at radius 1 is 1.21 bits per heavy atom. The molecule has 1 aromatic carbocycles. The van der Waals surface area contributed by atoms with Crippen LogP contribution in [0.5, 0.6) is 11.5 Å². The second-order valence-electron chi connectivity index (χ2n) is 7.13. The van der Waals surface area contributed by atoms with Gasteiger partial charge < -0.3 is 14.2 Å². The highest BCUT2D eigenvalue weighted by Gasteiger charge is 2.59. The molecule has 2 bridgehead atoms. The molecule has 1 aromatic rings. The van der Waals surface area contributed by atoms with Crippen molar-refractivity contribution in [1.82, 2.24) is 5.01 Å². The van der Waals surface area contributed by atoms with Gasteiger partial charge in [-0.25, -0.2) is 4.79 Å². The zero-order chi connectivity index (χ0) is 20.7. The average molecular weight is 419 g/mol. The van der Waals surface area contributed by atoms with Crippen LogP contribution in [0.1, 0.15) is 12.0 Å². The van der Waals surface area contributed by atoms with Gasteiger partial charge in [0.05, 0.1) is 37.3 Å². The summed E-state index contributed by atoms with van der Waals surface area (Å²) < 4.78 is 15.2.